The van der Waals surface area contributed by atoms with Crippen LogP contribution in [0, 0.1) is 0 Å². The van der Waals surface area contributed by atoms with Crippen LogP contribution < -0.4 is 5.32 Å². The molecular weight excluding hydrogens is 314 g/mol. The fraction of sp³-hybridized carbons (Fsp3) is 0.308. The van der Waals surface area contributed by atoms with Gasteiger partial charge in [0.2, 0.25) is 0 Å². The van der Waals surface area contributed by atoms with Gasteiger partial charge in [-0.3, -0.25) is 0 Å². The third-order valence-electron chi connectivity index (χ3n) is 2.92. The zero-order valence-corrected chi connectivity index (χ0v) is 12.7. The van der Waals surface area contributed by atoms with Crippen LogP contribution in [0.3, 0.4) is 0 Å². The van der Waals surface area contributed by atoms with Gasteiger partial charge in [0.1, 0.15) is 5.82 Å². The monoisotopic (exact) mass is 327 g/mol. The Labute approximate surface area is 120 Å². The maximum absolute atomic E-state index is 6.23. The molecule has 0 aliphatic rings. The molecule has 1 heterocycles. The maximum atomic E-state index is 6.23. The Bertz CT molecular complexity index is 539. The number of rotatable bonds is 4. The summed E-state index contributed by atoms with van der Waals surface area (Å²) in [5.41, 5.74) is 1.09. The van der Waals surface area contributed by atoms with Gasteiger partial charge in [-0.05, 0) is 24.6 Å². The summed E-state index contributed by atoms with van der Waals surface area (Å²) in [5.74, 6) is 1.01. The standard InChI is InChI=1S/C13H15BrClN3/c1-9(11-4-3-10(14)7-12(11)15)17-8-13-16-5-6-18(13)2/h3-7,9,17H,8H2,1-2H3. The zero-order chi connectivity index (χ0) is 13.1. The molecule has 1 N–H and O–H groups in total. The lowest BCUT2D eigenvalue weighted by Gasteiger charge is -2.15. The van der Waals surface area contributed by atoms with E-state index in [-0.39, 0.29) is 6.04 Å². The molecule has 96 valence electrons. The molecule has 2 aromatic rings. The van der Waals surface area contributed by atoms with Crippen molar-refractivity contribution in [1.29, 1.82) is 0 Å². The second-order valence-corrected chi connectivity index (χ2v) is 5.55. The summed E-state index contributed by atoms with van der Waals surface area (Å²) in [6, 6.07) is 6.13. The van der Waals surface area contributed by atoms with E-state index < -0.39 is 0 Å². The maximum Gasteiger partial charge on any atom is 0.122 e. The van der Waals surface area contributed by atoms with Crippen LogP contribution in [0.5, 0.6) is 0 Å². The predicted molar refractivity (Wildman–Crippen MR) is 77.6 cm³/mol. The summed E-state index contributed by atoms with van der Waals surface area (Å²) in [7, 11) is 1.99. The average molecular weight is 329 g/mol. The number of benzene rings is 1. The summed E-state index contributed by atoms with van der Waals surface area (Å²) < 4.78 is 3.00. The first-order chi connectivity index (χ1) is 8.58. The summed E-state index contributed by atoms with van der Waals surface area (Å²) in [6.45, 7) is 2.81. The van der Waals surface area contributed by atoms with Crippen molar-refractivity contribution in [2.45, 2.75) is 19.5 Å². The fourth-order valence-corrected chi connectivity index (χ4v) is 2.61. The molecule has 0 saturated heterocycles. The molecule has 3 nitrogen and oxygen atoms in total. The van der Waals surface area contributed by atoms with Gasteiger partial charge in [0.05, 0.1) is 6.54 Å². The van der Waals surface area contributed by atoms with Gasteiger partial charge in [0, 0.05) is 35.0 Å². The fourth-order valence-electron chi connectivity index (χ4n) is 1.77. The van der Waals surface area contributed by atoms with E-state index in [1.165, 1.54) is 0 Å². The van der Waals surface area contributed by atoms with E-state index >= 15 is 0 Å². The van der Waals surface area contributed by atoms with Gasteiger partial charge in [0.15, 0.2) is 0 Å². The van der Waals surface area contributed by atoms with Crippen molar-refractivity contribution in [3.05, 3.63) is 51.5 Å². The number of aryl methyl sites for hydroxylation is 1. The second-order valence-electron chi connectivity index (χ2n) is 4.22. The lowest BCUT2D eigenvalue weighted by Crippen LogP contribution is -2.20. The van der Waals surface area contributed by atoms with Crippen LogP contribution in [-0.2, 0) is 13.6 Å². The van der Waals surface area contributed by atoms with Crippen molar-refractivity contribution in [2.75, 3.05) is 0 Å². The van der Waals surface area contributed by atoms with Crippen LogP contribution in [0.2, 0.25) is 5.02 Å². The van der Waals surface area contributed by atoms with Crippen LogP contribution in [0.4, 0.5) is 0 Å². The molecule has 0 radical (unpaired) electrons. The number of hydrogen-bond acceptors (Lipinski definition) is 2. The van der Waals surface area contributed by atoms with E-state index in [0.717, 1.165) is 27.4 Å². The van der Waals surface area contributed by atoms with Crippen LogP contribution in [-0.4, -0.2) is 9.55 Å². The van der Waals surface area contributed by atoms with Crippen molar-refractivity contribution in [1.82, 2.24) is 14.9 Å². The third-order valence-corrected chi connectivity index (χ3v) is 3.74. The van der Waals surface area contributed by atoms with E-state index in [1.54, 1.807) is 6.20 Å². The van der Waals surface area contributed by atoms with E-state index in [9.17, 15) is 0 Å². The molecule has 0 saturated carbocycles. The number of aromatic nitrogens is 2. The van der Waals surface area contributed by atoms with Crippen molar-refractivity contribution < 1.29 is 0 Å². The molecule has 18 heavy (non-hydrogen) atoms. The lowest BCUT2D eigenvalue weighted by molar-refractivity contribution is 0.549. The minimum absolute atomic E-state index is 0.183. The quantitative estimate of drug-likeness (QED) is 0.927. The Morgan fingerprint density at radius 1 is 1.50 bits per heavy atom. The van der Waals surface area contributed by atoms with Crippen LogP contribution in [0.25, 0.3) is 0 Å². The summed E-state index contributed by atoms with van der Waals surface area (Å²) >= 11 is 9.63. The largest absolute Gasteiger partial charge is 0.337 e. The van der Waals surface area contributed by atoms with Gasteiger partial charge in [0.25, 0.3) is 0 Å². The van der Waals surface area contributed by atoms with Gasteiger partial charge in [-0.2, -0.15) is 0 Å². The molecule has 2 rings (SSSR count). The Balaban J connectivity index is 2.03. The molecule has 1 aromatic carbocycles. The van der Waals surface area contributed by atoms with Crippen molar-refractivity contribution in [3.63, 3.8) is 0 Å². The zero-order valence-electron chi connectivity index (χ0n) is 10.3. The highest BCUT2D eigenvalue weighted by atomic mass is 79.9. The average Bonchev–Trinajstić information content (AvgIpc) is 2.72. The normalized spacial score (nSPS) is 12.7. The number of hydrogen-bond donors (Lipinski definition) is 1. The van der Waals surface area contributed by atoms with E-state index in [4.69, 9.17) is 11.6 Å². The Kier molecular flexibility index (Phi) is 4.43. The molecule has 0 spiro atoms. The van der Waals surface area contributed by atoms with Crippen molar-refractivity contribution in [2.24, 2.45) is 7.05 Å². The van der Waals surface area contributed by atoms with Gasteiger partial charge in [-0.15, -0.1) is 0 Å². The molecule has 0 aliphatic carbocycles. The molecule has 1 unspecified atom stereocenters. The summed E-state index contributed by atoms with van der Waals surface area (Å²) in [4.78, 5) is 4.28. The van der Waals surface area contributed by atoms with Crippen LogP contribution in [0.1, 0.15) is 24.4 Å². The Morgan fingerprint density at radius 3 is 2.89 bits per heavy atom. The molecule has 5 heteroatoms. The minimum Gasteiger partial charge on any atom is -0.337 e. The van der Waals surface area contributed by atoms with E-state index in [1.807, 2.05) is 36.0 Å². The number of imidazole rings is 1. The second kappa shape index (κ2) is 5.87. The topological polar surface area (TPSA) is 29.9 Å². The van der Waals surface area contributed by atoms with Crippen LogP contribution in [0.15, 0.2) is 35.1 Å². The summed E-state index contributed by atoms with van der Waals surface area (Å²) in [5, 5.41) is 4.19. The Hall–Kier alpha value is -0.840. The van der Waals surface area contributed by atoms with Gasteiger partial charge < -0.3 is 9.88 Å². The molecule has 0 fully saturated rings. The number of nitrogens with zero attached hydrogens (tertiary/aromatic N) is 2. The first-order valence-corrected chi connectivity index (χ1v) is 6.89. The third kappa shape index (κ3) is 3.13. The highest BCUT2D eigenvalue weighted by molar-refractivity contribution is 9.10. The highest BCUT2D eigenvalue weighted by Gasteiger charge is 2.10. The molecule has 1 atom stereocenters. The van der Waals surface area contributed by atoms with Gasteiger partial charge in [-0.1, -0.05) is 33.6 Å². The Morgan fingerprint density at radius 2 is 2.28 bits per heavy atom. The van der Waals surface area contributed by atoms with Crippen molar-refractivity contribution in [3.8, 4) is 0 Å². The molecule has 0 amide bonds. The van der Waals surface area contributed by atoms with E-state index in [0.29, 0.717) is 0 Å². The molecule has 0 bridgehead atoms. The summed E-state index contributed by atoms with van der Waals surface area (Å²) in [6.07, 6.45) is 3.74. The van der Waals surface area contributed by atoms with Gasteiger partial charge >= 0.3 is 0 Å². The van der Waals surface area contributed by atoms with Crippen molar-refractivity contribution >= 4 is 27.5 Å². The van der Waals surface area contributed by atoms with E-state index in [2.05, 4.69) is 33.2 Å². The number of halogens is 2. The first-order valence-electron chi connectivity index (χ1n) is 5.72. The molecule has 1 aromatic heterocycles. The number of nitrogens with one attached hydrogen (secondary N) is 1. The first kappa shape index (κ1) is 13.6. The molecular formula is C13H15BrClN3. The van der Waals surface area contributed by atoms with Crippen LogP contribution >= 0.6 is 27.5 Å². The highest BCUT2D eigenvalue weighted by Crippen LogP contribution is 2.26. The predicted octanol–water partition coefficient (Wildman–Crippen LogP) is 3.69. The molecule has 0 aliphatic heterocycles. The van der Waals surface area contributed by atoms with Gasteiger partial charge in [-0.25, -0.2) is 4.98 Å². The lowest BCUT2D eigenvalue weighted by atomic mass is 10.1. The smallest absolute Gasteiger partial charge is 0.122 e. The minimum atomic E-state index is 0.183. The SMILES string of the molecule is CC(NCc1nccn1C)c1ccc(Br)cc1Cl.